The van der Waals surface area contributed by atoms with Gasteiger partial charge in [-0.05, 0) is 17.5 Å². The minimum Gasteiger partial charge on any atom is -0.342 e. The molecule has 0 spiro atoms. The first-order chi connectivity index (χ1) is 9.40. The van der Waals surface area contributed by atoms with Gasteiger partial charge in [0.1, 0.15) is 5.52 Å². The molecule has 4 rings (SSSR count). The average Bonchev–Trinajstić information content (AvgIpc) is 2.94. The summed E-state index contributed by atoms with van der Waals surface area (Å²) in [4.78, 5) is 18.3. The van der Waals surface area contributed by atoms with Gasteiger partial charge in [-0.3, -0.25) is 0 Å². The summed E-state index contributed by atoms with van der Waals surface area (Å²) in [6, 6.07) is 8.56. The van der Waals surface area contributed by atoms with Crippen LogP contribution < -0.4 is 4.90 Å². The van der Waals surface area contributed by atoms with Gasteiger partial charge in [-0.1, -0.05) is 24.3 Å². The Morgan fingerprint density at radius 3 is 2.95 bits per heavy atom. The van der Waals surface area contributed by atoms with Crippen LogP contribution in [0.3, 0.4) is 0 Å². The largest absolute Gasteiger partial charge is 0.342 e. The maximum atomic E-state index is 4.50. The summed E-state index contributed by atoms with van der Waals surface area (Å²) >= 11 is 0. The molecule has 1 N–H and O–H groups in total. The molecule has 0 atom stereocenters. The lowest BCUT2D eigenvalue weighted by atomic mass is 10.0. The number of hydrogen-bond donors (Lipinski definition) is 1. The van der Waals surface area contributed by atoms with Crippen LogP contribution in [0.25, 0.3) is 11.2 Å². The van der Waals surface area contributed by atoms with Crippen molar-refractivity contribution in [3.05, 3.63) is 47.9 Å². The molecule has 1 aromatic carbocycles. The van der Waals surface area contributed by atoms with Gasteiger partial charge >= 0.3 is 0 Å². The summed E-state index contributed by atoms with van der Waals surface area (Å²) in [5, 5.41) is 0. The van der Waals surface area contributed by atoms with Crippen molar-refractivity contribution in [2.45, 2.75) is 13.0 Å². The second kappa shape index (κ2) is 4.05. The molecule has 0 unspecified atom stereocenters. The topological polar surface area (TPSA) is 57.7 Å². The monoisotopic (exact) mass is 251 g/mol. The SMILES string of the molecule is c1ccc2c(c1)CCN(c1ncc3[nH]cnc3n1)C2. The number of nitrogens with zero attached hydrogens (tertiary/aromatic N) is 4. The second-order valence-corrected chi connectivity index (χ2v) is 4.75. The summed E-state index contributed by atoms with van der Waals surface area (Å²) < 4.78 is 0. The highest BCUT2D eigenvalue weighted by atomic mass is 15.3. The van der Waals surface area contributed by atoms with E-state index in [-0.39, 0.29) is 0 Å². The second-order valence-electron chi connectivity index (χ2n) is 4.75. The molecule has 5 heteroatoms. The normalized spacial score (nSPS) is 14.6. The van der Waals surface area contributed by atoms with Crippen LogP contribution >= 0.6 is 0 Å². The number of rotatable bonds is 1. The van der Waals surface area contributed by atoms with Crippen LogP contribution in [0.1, 0.15) is 11.1 Å². The molecule has 5 nitrogen and oxygen atoms in total. The number of hydrogen-bond acceptors (Lipinski definition) is 4. The van der Waals surface area contributed by atoms with Crippen molar-refractivity contribution in [1.29, 1.82) is 0 Å². The van der Waals surface area contributed by atoms with Gasteiger partial charge in [-0.2, -0.15) is 4.98 Å². The molecule has 0 radical (unpaired) electrons. The van der Waals surface area contributed by atoms with Gasteiger partial charge in [0.25, 0.3) is 0 Å². The van der Waals surface area contributed by atoms with E-state index in [1.807, 2.05) is 0 Å². The maximum Gasteiger partial charge on any atom is 0.227 e. The summed E-state index contributed by atoms with van der Waals surface area (Å²) in [5.41, 5.74) is 4.39. The highest BCUT2D eigenvalue weighted by Crippen LogP contribution is 2.22. The van der Waals surface area contributed by atoms with Gasteiger partial charge in [-0.15, -0.1) is 0 Å². The Labute approximate surface area is 110 Å². The minimum absolute atomic E-state index is 0.726. The number of imidazole rings is 1. The number of H-pyrrole nitrogens is 1. The fourth-order valence-corrected chi connectivity index (χ4v) is 2.55. The van der Waals surface area contributed by atoms with Crippen LogP contribution in [-0.2, 0) is 13.0 Å². The van der Waals surface area contributed by atoms with E-state index in [0.29, 0.717) is 0 Å². The molecule has 1 aliphatic rings. The summed E-state index contributed by atoms with van der Waals surface area (Å²) in [5.74, 6) is 0.758. The zero-order valence-corrected chi connectivity index (χ0v) is 10.4. The van der Waals surface area contributed by atoms with E-state index in [4.69, 9.17) is 0 Å². The average molecular weight is 251 g/mol. The van der Waals surface area contributed by atoms with Crippen LogP contribution in [0.15, 0.2) is 36.8 Å². The molecule has 0 amide bonds. The molecule has 94 valence electrons. The predicted octanol–water partition coefficient (Wildman–Crippen LogP) is 1.92. The van der Waals surface area contributed by atoms with Gasteiger partial charge in [0.2, 0.25) is 5.95 Å². The zero-order chi connectivity index (χ0) is 12.7. The quantitative estimate of drug-likeness (QED) is 0.718. The Hall–Kier alpha value is -2.43. The smallest absolute Gasteiger partial charge is 0.227 e. The molecule has 0 fully saturated rings. The lowest BCUT2D eigenvalue weighted by molar-refractivity contribution is 0.709. The number of nitrogens with one attached hydrogen (secondary N) is 1. The highest BCUT2D eigenvalue weighted by Gasteiger charge is 2.18. The molecule has 3 heterocycles. The summed E-state index contributed by atoms with van der Waals surface area (Å²) in [7, 11) is 0. The van der Waals surface area contributed by atoms with Crippen molar-refractivity contribution in [2.75, 3.05) is 11.4 Å². The molecule has 2 aromatic heterocycles. The van der Waals surface area contributed by atoms with Crippen molar-refractivity contribution >= 4 is 17.1 Å². The van der Waals surface area contributed by atoms with Crippen molar-refractivity contribution in [3.8, 4) is 0 Å². The molecule has 0 saturated heterocycles. The van der Waals surface area contributed by atoms with Crippen LogP contribution in [-0.4, -0.2) is 26.5 Å². The van der Waals surface area contributed by atoms with E-state index in [1.54, 1.807) is 12.5 Å². The minimum atomic E-state index is 0.726. The predicted molar refractivity (Wildman–Crippen MR) is 72.9 cm³/mol. The zero-order valence-electron chi connectivity index (χ0n) is 10.4. The Morgan fingerprint density at radius 2 is 2.00 bits per heavy atom. The Balaban J connectivity index is 1.70. The standard InChI is InChI=1S/C14H13N5/c1-2-4-11-8-19(6-5-10(11)3-1)14-15-7-12-13(18-14)17-9-16-12/h1-4,7,9H,5-6,8H2,(H,15,16,17,18). The molecular weight excluding hydrogens is 238 g/mol. The van der Waals surface area contributed by atoms with E-state index in [1.165, 1.54) is 11.1 Å². The fourth-order valence-electron chi connectivity index (χ4n) is 2.55. The maximum absolute atomic E-state index is 4.50. The van der Waals surface area contributed by atoms with E-state index >= 15 is 0 Å². The summed E-state index contributed by atoms with van der Waals surface area (Å²) in [6.45, 7) is 1.82. The van der Waals surface area contributed by atoms with Gasteiger partial charge in [-0.25, -0.2) is 9.97 Å². The van der Waals surface area contributed by atoms with Crippen molar-refractivity contribution in [3.63, 3.8) is 0 Å². The van der Waals surface area contributed by atoms with Crippen LogP contribution in [0, 0.1) is 0 Å². The van der Waals surface area contributed by atoms with Crippen LogP contribution in [0.2, 0.25) is 0 Å². The number of benzene rings is 1. The van der Waals surface area contributed by atoms with Crippen molar-refractivity contribution in [2.24, 2.45) is 0 Å². The number of anilines is 1. The molecule has 0 saturated carbocycles. The van der Waals surface area contributed by atoms with Gasteiger partial charge in [0, 0.05) is 13.1 Å². The third-order valence-electron chi connectivity index (χ3n) is 3.58. The van der Waals surface area contributed by atoms with Gasteiger partial charge < -0.3 is 9.88 Å². The number of aromatic nitrogens is 4. The Kier molecular flexibility index (Phi) is 2.24. The van der Waals surface area contributed by atoms with Gasteiger partial charge in [0.15, 0.2) is 5.65 Å². The third kappa shape index (κ3) is 1.74. The molecule has 1 aliphatic heterocycles. The Morgan fingerprint density at radius 1 is 1.11 bits per heavy atom. The lowest BCUT2D eigenvalue weighted by Gasteiger charge is -2.28. The number of aromatic amines is 1. The van der Waals surface area contributed by atoms with E-state index in [2.05, 4.69) is 49.1 Å². The number of fused-ring (bicyclic) bond motifs is 2. The van der Waals surface area contributed by atoms with Crippen molar-refractivity contribution < 1.29 is 0 Å². The molecule has 19 heavy (non-hydrogen) atoms. The molecule has 3 aromatic rings. The highest BCUT2D eigenvalue weighted by molar-refractivity contribution is 5.69. The van der Waals surface area contributed by atoms with Crippen LogP contribution in [0.4, 0.5) is 5.95 Å². The third-order valence-corrected chi connectivity index (χ3v) is 3.58. The fraction of sp³-hybridized carbons (Fsp3) is 0.214. The Bertz CT molecular complexity index is 733. The van der Waals surface area contributed by atoms with E-state index in [9.17, 15) is 0 Å². The van der Waals surface area contributed by atoms with E-state index < -0.39 is 0 Å². The lowest BCUT2D eigenvalue weighted by Crippen LogP contribution is -2.31. The molecule has 0 aliphatic carbocycles. The summed E-state index contributed by atoms with van der Waals surface area (Å²) in [6.07, 6.45) is 4.48. The molecular formula is C14H13N5. The molecule has 0 bridgehead atoms. The van der Waals surface area contributed by atoms with Gasteiger partial charge in [0.05, 0.1) is 12.5 Å². The first kappa shape index (κ1) is 10.5. The van der Waals surface area contributed by atoms with Crippen molar-refractivity contribution in [1.82, 2.24) is 19.9 Å². The van der Waals surface area contributed by atoms with E-state index in [0.717, 1.165) is 36.6 Å². The first-order valence-electron chi connectivity index (χ1n) is 6.38. The van der Waals surface area contributed by atoms with Crippen LogP contribution in [0.5, 0.6) is 0 Å². The first-order valence-corrected chi connectivity index (χ1v) is 6.38.